The number of aryl methyl sites for hydroxylation is 1. The second-order valence-corrected chi connectivity index (χ2v) is 5.96. The lowest BCUT2D eigenvalue weighted by molar-refractivity contribution is 0.600. The Kier molecular flexibility index (Phi) is 2.02. The lowest BCUT2D eigenvalue weighted by Gasteiger charge is -2.31. The van der Waals surface area contributed by atoms with Crippen molar-refractivity contribution in [2.24, 2.45) is 0 Å². The molecule has 1 aromatic heterocycles. The number of aromatic nitrogens is 2. The maximum atomic E-state index is 4.32. The minimum atomic E-state index is 0.229. The average Bonchev–Trinajstić information content (AvgIpc) is 2.27. The standard InChI is InChI=1S/C13H14N2S/c1-8-9-5-4-6-10-11(9)12(15-14-8)16-7-13(10,2)3/h4-6H,7H2,1-3H3. The van der Waals surface area contributed by atoms with Gasteiger partial charge in [0.1, 0.15) is 5.03 Å². The molecule has 0 saturated carbocycles. The lowest BCUT2D eigenvalue weighted by Crippen LogP contribution is -2.24. The van der Waals surface area contributed by atoms with Crippen molar-refractivity contribution in [3.05, 3.63) is 29.5 Å². The van der Waals surface area contributed by atoms with E-state index < -0.39 is 0 Å². The molecule has 0 atom stereocenters. The van der Waals surface area contributed by atoms with E-state index in [1.54, 1.807) is 0 Å². The van der Waals surface area contributed by atoms with E-state index >= 15 is 0 Å². The van der Waals surface area contributed by atoms with Crippen molar-refractivity contribution in [3.8, 4) is 0 Å². The third-order valence-electron chi connectivity index (χ3n) is 3.26. The van der Waals surface area contributed by atoms with Crippen LogP contribution in [0.1, 0.15) is 25.1 Å². The first kappa shape index (κ1) is 10.1. The molecule has 2 aromatic rings. The smallest absolute Gasteiger partial charge is 0.127 e. The number of benzene rings is 1. The fraction of sp³-hybridized carbons (Fsp3) is 0.385. The molecule has 3 heteroatoms. The van der Waals surface area contributed by atoms with Crippen LogP contribution < -0.4 is 0 Å². The predicted molar refractivity (Wildman–Crippen MR) is 68.0 cm³/mol. The molecular weight excluding hydrogens is 216 g/mol. The van der Waals surface area contributed by atoms with Crippen LogP contribution in [0.4, 0.5) is 0 Å². The maximum absolute atomic E-state index is 4.32. The SMILES string of the molecule is Cc1nnc2c3c(cccc13)C(C)(C)CS2. The Labute approximate surface area is 99.5 Å². The molecule has 0 unspecified atom stereocenters. The van der Waals surface area contributed by atoms with E-state index in [1.807, 2.05) is 18.7 Å². The zero-order chi connectivity index (χ0) is 11.3. The molecule has 16 heavy (non-hydrogen) atoms. The monoisotopic (exact) mass is 230 g/mol. The largest absolute Gasteiger partial charge is 0.154 e. The Morgan fingerprint density at radius 1 is 1.25 bits per heavy atom. The molecule has 2 heterocycles. The second-order valence-electron chi connectivity index (χ2n) is 4.99. The van der Waals surface area contributed by atoms with Gasteiger partial charge in [-0.1, -0.05) is 32.0 Å². The van der Waals surface area contributed by atoms with Gasteiger partial charge in [0.05, 0.1) is 5.69 Å². The van der Waals surface area contributed by atoms with Gasteiger partial charge in [0.15, 0.2) is 0 Å². The molecule has 0 spiro atoms. The summed E-state index contributed by atoms with van der Waals surface area (Å²) in [6.07, 6.45) is 0. The van der Waals surface area contributed by atoms with Crippen molar-refractivity contribution >= 4 is 22.5 Å². The van der Waals surface area contributed by atoms with Crippen LogP contribution in [0.3, 0.4) is 0 Å². The second kappa shape index (κ2) is 3.20. The number of hydrogen-bond donors (Lipinski definition) is 0. The van der Waals surface area contributed by atoms with Crippen LogP contribution in [0.5, 0.6) is 0 Å². The van der Waals surface area contributed by atoms with E-state index in [4.69, 9.17) is 0 Å². The van der Waals surface area contributed by atoms with Crippen LogP contribution in [-0.4, -0.2) is 16.0 Å². The van der Waals surface area contributed by atoms with Gasteiger partial charge >= 0.3 is 0 Å². The zero-order valence-corrected chi connectivity index (χ0v) is 10.6. The highest BCUT2D eigenvalue weighted by atomic mass is 32.2. The minimum Gasteiger partial charge on any atom is -0.154 e. The summed E-state index contributed by atoms with van der Waals surface area (Å²) in [6.45, 7) is 6.63. The number of hydrogen-bond acceptors (Lipinski definition) is 3. The van der Waals surface area contributed by atoms with Crippen LogP contribution >= 0.6 is 11.8 Å². The van der Waals surface area contributed by atoms with Gasteiger partial charge in [0.2, 0.25) is 0 Å². The molecule has 3 rings (SSSR count). The van der Waals surface area contributed by atoms with Gasteiger partial charge in [-0.2, -0.15) is 5.10 Å². The predicted octanol–water partition coefficient (Wildman–Crippen LogP) is 3.32. The van der Waals surface area contributed by atoms with Crippen LogP contribution in [0.15, 0.2) is 23.2 Å². The van der Waals surface area contributed by atoms with E-state index in [1.165, 1.54) is 16.3 Å². The highest BCUT2D eigenvalue weighted by molar-refractivity contribution is 7.99. The summed E-state index contributed by atoms with van der Waals surface area (Å²) in [6, 6.07) is 6.51. The van der Waals surface area contributed by atoms with Gasteiger partial charge in [-0.05, 0) is 17.9 Å². The van der Waals surface area contributed by atoms with Crippen molar-refractivity contribution in [1.29, 1.82) is 0 Å². The van der Waals surface area contributed by atoms with Crippen LogP contribution in [0.25, 0.3) is 10.8 Å². The summed E-state index contributed by atoms with van der Waals surface area (Å²) in [4.78, 5) is 0. The normalized spacial score (nSPS) is 17.7. The van der Waals surface area contributed by atoms with Gasteiger partial charge in [0.25, 0.3) is 0 Å². The van der Waals surface area contributed by atoms with Crippen molar-refractivity contribution in [3.63, 3.8) is 0 Å². The lowest BCUT2D eigenvalue weighted by atomic mass is 9.83. The van der Waals surface area contributed by atoms with E-state index in [0.717, 1.165) is 16.5 Å². The number of rotatable bonds is 0. The molecule has 0 N–H and O–H groups in total. The van der Waals surface area contributed by atoms with E-state index in [0.29, 0.717) is 0 Å². The molecule has 1 aliphatic rings. The first-order chi connectivity index (χ1) is 7.59. The summed E-state index contributed by atoms with van der Waals surface area (Å²) in [5.74, 6) is 1.08. The minimum absolute atomic E-state index is 0.229. The fourth-order valence-corrected chi connectivity index (χ4v) is 3.42. The van der Waals surface area contributed by atoms with Gasteiger partial charge in [-0.15, -0.1) is 16.9 Å². The number of thioether (sulfide) groups is 1. The van der Waals surface area contributed by atoms with Crippen LogP contribution in [-0.2, 0) is 5.41 Å². The molecule has 1 aliphatic heterocycles. The fourth-order valence-electron chi connectivity index (χ4n) is 2.30. The van der Waals surface area contributed by atoms with Crippen molar-refractivity contribution in [2.75, 3.05) is 5.75 Å². The highest BCUT2D eigenvalue weighted by Gasteiger charge is 2.29. The van der Waals surface area contributed by atoms with E-state index in [2.05, 4.69) is 42.2 Å². The highest BCUT2D eigenvalue weighted by Crippen LogP contribution is 2.43. The van der Waals surface area contributed by atoms with Crippen molar-refractivity contribution < 1.29 is 0 Å². The summed E-state index contributed by atoms with van der Waals surface area (Å²) in [7, 11) is 0. The van der Waals surface area contributed by atoms with Crippen molar-refractivity contribution in [1.82, 2.24) is 10.2 Å². The zero-order valence-electron chi connectivity index (χ0n) is 9.74. The van der Waals surface area contributed by atoms with Gasteiger partial charge in [-0.25, -0.2) is 0 Å². The van der Waals surface area contributed by atoms with Gasteiger partial charge in [-0.3, -0.25) is 0 Å². The molecule has 0 saturated heterocycles. The third-order valence-corrected chi connectivity index (χ3v) is 4.68. The Balaban J connectivity index is 2.49. The summed E-state index contributed by atoms with van der Waals surface area (Å²) >= 11 is 1.82. The van der Waals surface area contributed by atoms with E-state index in [9.17, 15) is 0 Å². The summed E-state index contributed by atoms with van der Waals surface area (Å²) in [5, 5.41) is 12.2. The van der Waals surface area contributed by atoms with Crippen molar-refractivity contribution in [2.45, 2.75) is 31.2 Å². The molecule has 0 amide bonds. The third kappa shape index (κ3) is 1.27. The molecule has 0 bridgehead atoms. The van der Waals surface area contributed by atoms with E-state index in [-0.39, 0.29) is 5.41 Å². The summed E-state index contributed by atoms with van der Waals surface area (Å²) < 4.78 is 0. The average molecular weight is 230 g/mol. The maximum Gasteiger partial charge on any atom is 0.127 e. The molecule has 0 aliphatic carbocycles. The number of nitrogens with zero attached hydrogens (tertiary/aromatic N) is 2. The Morgan fingerprint density at radius 3 is 2.88 bits per heavy atom. The summed E-state index contributed by atoms with van der Waals surface area (Å²) in [5.41, 5.74) is 2.67. The van der Waals surface area contributed by atoms with Crippen LogP contribution in [0.2, 0.25) is 0 Å². The Bertz CT molecular complexity index is 575. The molecule has 2 nitrogen and oxygen atoms in total. The van der Waals surface area contributed by atoms with Crippen LogP contribution in [0, 0.1) is 6.92 Å². The Hall–Kier alpha value is -1.09. The molecule has 0 fully saturated rings. The molecular formula is C13H14N2S. The molecule has 1 aromatic carbocycles. The first-order valence-electron chi connectivity index (χ1n) is 5.49. The first-order valence-corrected chi connectivity index (χ1v) is 6.47. The van der Waals surface area contributed by atoms with Gasteiger partial charge < -0.3 is 0 Å². The topological polar surface area (TPSA) is 25.8 Å². The molecule has 82 valence electrons. The quantitative estimate of drug-likeness (QED) is 0.694. The Morgan fingerprint density at radius 2 is 2.06 bits per heavy atom. The van der Waals surface area contributed by atoms with Gasteiger partial charge in [0, 0.05) is 16.5 Å². The molecule has 0 radical (unpaired) electrons.